The number of amides is 2. The highest BCUT2D eigenvalue weighted by molar-refractivity contribution is 8.19. The Morgan fingerprint density at radius 2 is 2.07 bits per heavy atom. The number of carbonyl (C=O) groups excluding carboxylic acids is 2. The Labute approximate surface area is 184 Å². The summed E-state index contributed by atoms with van der Waals surface area (Å²) in [5.74, 6) is -1.39. The van der Waals surface area contributed by atoms with Gasteiger partial charge in [-0.05, 0) is 26.0 Å². The van der Waals surface area contributed by atoms with Gasteiger partial charge in [-0.2, -0.15) is 0 Å². The van der Waals surface area contributed by atoms with Gasteiger partial charge in [-0.25, -0.2) is 4.79 Å². The number of ether oxygens (including phenoxy) is 1. The fourth-order valence-electron chi connectivity index (χ4n) is 3.37. The lowest BCUT2D eigenvalue weighted by molar-refractivity contribution is -0.160. The van der Waals surface area contributed by atoms with Crippen molar-refractivity contribution in [3.05, 3.63) is 35.3 Å². The van der Waals surface area contributed by atoms with Crippen LogP contribution in [0.4, 0.5) is 0 Å². The number of β-lactam (4-membered cyclic amide) rings is 1. The van der Waals surface area contributed by atoms with Crippen LogP contribution < -0.4 is 10.1 Å². The van der Waals surface area contributed by atoms with E-state index in [9.17, 15) is 19.5 Å². The molecule has 1 aromatic heterocycles. The number of aromatic nitrogens is 2. The summed E-state index contributed by atoms with van der Waals surface area (Å²) in [6.45, 7) is 3.37. The monoisotopic (exact) mass is 466 g/mol. The van der Waals surface area contributed by atoms with Crippen LogP contribution in [-0.4, -0.2) is 66.1 Å². The van der Waals surface area contributed by atoms with Gasteiger partial charge in [0.15, 0.2) is 17.0 Å². The molecule has 30 heavy (non-hydrogen) atoms. The van der Waals surface area contributed by atoms with E-state index in [0.717, 1.165) is 5.01 Å². The van der Waals surface area contributed by atoms with Crippen molar-refractivity contribution < 1.29 is 24.2 Å². The highest BCUT2D eigenvalue weighted by Crippen LogP contribution is 2.58. The fraction of sp³-hybridized carbons (Fsp3) is 0.389. The molecule has 2 amide bonds. The second-order valence-corrected chi connectivity index (χ2v) is 11.6. The zero-order valence-corrected chi connectivity index (χ0v) is 18.4. The van der Waals surface area contributed by atoms with Crippen molar-refractivity contribution in [2.24, 2.45) is 0 Å². The first-order valence-corrected chi connectivity index (χ1v) is 11.5. The van der Waals surface area contributed by atoms with E-state index < -0.39 is 39.3 Å². The van der Waals surface area contributed by atoms with E-state index in [1.165, 1.54) is 39.8 Å². The third kappa shape index (κ3) is 3.86. The molecule has 2 aliphatic heterocycles. The van der Waals surface area contributed by atoms with E-state index in [2.05, 4.69) is 15.5 Å². The van der Waals surface area contributed by atoms with Crippen LogP contribution >= 0.6 is 34.9 Å². The normalized spacial score (nSPS) is 27.3. The number of carboxylic acid groups (broad SMARTS) is 1. The first-order valence-electron chi connectivity index (χ1n) is 8.97. The van der Waals surface area contributed by atoms with Crippen molar-refractivity contribution in [1.29, 1.82) is 0 Å². The summed E-state index contributed by atoms with van der Waals surface area (Å²) in [5, 5.41) is 20.8. The third-order valence-corrected chi connectivity index (χ3v) is 8.66. The standard InChI is InChI=1S/C18H18N4O5S3/c1-9-20-21-17(28-9)30-18(2)13(16(25)26)22-14(24)12(15(22)29-18)19-11(23)8-27-10-6-4-3-5-7-10/h3-7,12-13,15H,8H2,1-2H3,(H,19,23)(H,25,26)/t12-,13-,15-,18+/m1/s1. The van der Waals surface area contributed by atoms with Crippen molar-refractivity contribution in [1.82, 2.24) is 20.4 Å². The largest absolute Gasteiger partial charge is 0.484 e. The average Bonchev–Trinajstić information content (AvgIpc) is 3.23. The van der Waals surface area contributed by atoms with Crippen LogP contribution in [0.1, 0.15) is 11.9 Å². The number of para-hydroxylation sites is 1. The average molecular weight is 467 g/mol. The molecule has 158 valence electrons. The van der Waals surface area contributed by atoms with Gasteiger partial charge in [0.05, 0.1) is 4.08 Å². The van der Waals surface area contributed by atoms with E-state index in [1.54, 1.807) is 31.2 Å². The van der Waals surface area contributed by atoms with E-state index in [1.807, 2.05) is 13.0 Å². The summed E-state index contributed by atoms with van der Waals surface area (Å²) in [6, 6.07) is 7.05. The maximum atomic E-state index is 12.7. The van der Waals surface area contributed by atoms with Gasteiger partial charge in [0.25, 0.3) is 5.91 Å². The molecule has 0 aliphatic carbocycles. The van der Waals surface area contributed by atoms with Crippen molar-refractivity contribution >= 4 is 52.6 Å². The van der Waals surface area contributed by atoms with Crippen LogP contribution in [0.5, 0.6) is 5.75 Å². The highest BCUT2D eigenvalue weighted by Gasteiger charge is 2.66. The summed E-state index contributed by atoms with van der Waals surface area (Å²) >= 11 is 4.00. The molecule has 2 aliphatic rings. The number of nitrogens with zero attached hydrogens (tertiary/aromatic N) is 3. The zero-order valence-electron chi connectivity index (χ0n) is 16.0. The first kappa shape index (κ1) is 20.9. The van der Waals surface area contributed by atoms with E-state index in [4.69, 9.17) is 4.74 Å². The molecule has 2 N–H and O–H groups in total. The number of thioether (sulfide) groups is 2. The number of aliphatic carboxylic acids is 1. The number of aryl methyl sites for hydroxylation is 1. The summed E-state index contributed by atoms with van der Waals surface area (Å²) in [4.78, 5) is 38.2. The van der Waals surface area contributed by atoms with Gasteiger partial charge in [0, 0.05) is 0 Å². The Balaban J connectivity index is 1.43. The third-order valence-electron chi connectivity index (χ3n) is 4.67. The predicted octanol–water partition coefficient (Wildman–Crippen LogP) is 1.59. The van der Waals surface area contributed by atoms with Gasteiger partial charge in [-0.1, -0.05) is 41.3 Å². The summed E-state index contributed by atoms with van der Waals surface area (Å²) < 4.78 is 5.19. The molecule has 0 radical (unpaired) electrons. The van der Waals surface area contributed by atoms with E-state index >= 15 is 0 Å². The predicted molar refractivity (Wildman–Crippen MR) is 112 cm³/mol. The number of carbonyl (C=O) groups is 3. The Bertz CT molecular complexity index is 987. The minimum atomic E-state index is -1.09. The Morgan fingerprint density at radius 1 is 1.33 bits per heavy atom. The van der Waals surface area contributed by atoms with Crippen LogP contribution in [0.3, 0.4) is 0 Å². The number of nitrogens with one attached hydrogen (secondary N) is 1. The van der Waals surface area contributed by atoms with Gasteiger partial charge in [0.1, 0.15) is 22.2 Å². The number of carboxylic acids is 1. The summed E-state index contributed by atoms with van der Waals surface area (Å²) in [7, 11) is 0. The summed E-state index contributed by atoms with van der Waals surface area (Å²) in [5.41, 5.74) is 0. The lowest BCUT2D eigenvalue weighted by Gasteiger charge is -2.43. The molecule has 0 bridgehead atoms. The Kier molecular flexibility index (Phi) is 5.64. The van der Waals surface area contributed by atoms with Crippen molar-refractivity contribution in [3.63, 3.8) is 0 Å². The first-order chi connectivity index (χ1) is 14.3. The number of fused-ring (bicyclic) bond motifs is 1. The van der Waals surface area contributed by atoms with E-state index in [-0.39, 0.29) is 6.61 Å². The van der Waals surface area contributed by atoms with E-state index in [0.29, 0.717) is 10.1 Å². The van der Waals surface area contributed by atoms with Crippen LogP contribution in [0, 0.1) is 6.92 Å². The lowest BCUT2D eigenvalue weighted by atomic mass is 10.0. The summed E-state index contributed by atoms with van der Waals surface area (Å²) in [6.07, 6.45) is 0. The number of benzene rings is 1. The molecule has 0 saturated carbocycles. The molecule has 1 aromatic carbocycles. The van der Waals surface area contributed by atoms with Gasteiger partial charge in [-0.15, -0.1) is 22.0 Å². The van der Waals surface area contributed by atoms with Crippen molar-refractivity contribution in [2.45, 2.75) is 39.7 Å². The molecule has 9 nitrogen and oxygen atoms in total. The molecule has 0 unspecified atom stereocenters. The molecule has 4 rings (SSSR count). The minimum Gasteiger partial charge on any atom is -0.484 e. The molecule has 2 aromatic rings. The molecule has 3 heterocycles. The smallest absolute Gasteiger partial charge is 0.328 e. The fourth-order valence-corrected chi connectivity index (χ4v) is 7.96. The molecular weight excluding hydrogens is 448 g/mol. The maximum Gasteiger partial charge on any atom is 0.328 e. The van der Waals surface area contributed by atoms with Crippen molar-refractivity contribution in [2.75, 3.05) is 6.61 Å². The number of rotatable bonds is 7. The van der Waals surface area contributed by atoms with Crippen LogP contribution in [0.25, 0.3) is 0 Å². The quantitative estimate of drug-likeness (QED) is 0.586. The second-order valence-electron chi connectivity index (χ2n) is 6.85. The zero-order chi connectivity index (χ0) is 21.5. The van der Waals surface area contributed by atoms with Crippen LogP contribution in [0.15, 0.2) is 34.7 Å². The molecular formula is C18H18N4O5S3. The van der Waals surface area contributed by atoms with Gasteiger partial charge >= 0.3 is 5.97 Å². The Morgan fingerprint density at radius 3 is 2.70 bits per heavy atom. The second kappa shape index (κ2) is 8.08. The molecule has 4 atom stereocenters. The lowest BCUT2D eigenvalue weighted by Crippen LogP contribution is -2.70. The van der Waals surface area contributed by atoms with Gasteiger partial charge < -0.3 is 20.1 Å². The molecule has 2 fully saturated rings. The van der Waals surface area contributed by atoms with Gasteiger partial charge in [0.2, 0.25) is 5.91 Å². The maximum absolute atomic E-state index is 12.7. The topological polar surface area (TPSA) is 122 Å². The molecule has 2 saturated heterocycles. The van der Waals surface area contributed by atoms with Crippen molar-refractivity contribution in [3.8, 4) is 5.75 Å². The molecule has 0 spiro atoms. The molecule has 12 heteroatoms. The number of hydrogen-bond acceptors (Lipinski definition) is 9. The van der Waals surface area contributed by atoms with Crippen LogP contribution in [-0.2, 0) is 14.4 Å². The van der Waals surface area contributed by atoms with Gasteiger partial charge in [-0.3, -0.25) is 9.59 Å². The van der Waals surface area contributed by atoms with Crippen LogP contribution in [0.2, 0.25) is 0 Å². The SMILES string of the molecule is Cc1nnc(S[C@]2(C)S[C@@H]3[C@H](NC(=O)COc4ccccc4)C(=O)N3[C@@H]2C(=O)O)s1. The minimum absolute atomic E-state index is 0.233. The Hall–Kier alpha value is -2.31. The number of hydrogen-bond donors (Lipinski definition) is 2. The highest BCUT2D eigenvalue weighted by atomic mass is 32.2.